The molecule has 0 unspecified atom stereocenters. The molecule has 0 saturated heterocycles. The highest BCUT2D eigenvalue weighted by atomic mass is 32.2. The van der Waals surface area contributed by atoms with Crippen molar-refractivity contribution in [2.45, 2.75) is 11.1 Å². The second-order valence-corrected chi connectivity index (χ2v) is 6.74. The van der Waals surface area contributed by atoms with Crippen LogP contribution in [0, 0.1) is 11.3 Å². The van der Waals surface area contributed by atoms with E-state index in [0.717, 1.165) is 36.5 Å². The summed E-state index contributed by atoms with van der Waals surface area (Å²) in [5.74, 6) is -1.10. The molecule has 0 aromatic heterocycles. The first-order valence-electron chi connectivity index (χ1n) is 7.44. The van der Waals surface area contributed by atoms with Crippen LogP contribution < -0.4 is 10.6 Å². The molecule has 0 heterocycles. The van der Waals surface area contributed by atoms with Gasteiger partial charge in [-0.2, -0.15) is 26.9 Å². The molecule has 1 amide bonds. The molecule has 2 rings (SSSR count). The highest BCUT2D eigenvalue weighted by Gasteiger charge is 2.33. The number of rotatable bonds is 5. The van der Waals surface area contributed by atoms with Crippen LogP contribution in [0.2, 0.25) is 0 Å². The second kappa shape index (κ2) is 8.12. The summed E-state index contributed by atoms with van der Waals surface area (Å²) in [7, 11) is -4.46. The summed E-state index contributed by atoms with van der Waals surface area (Å²) < 4.78 is 70.1. The topological polar surface area (TPSA) is 119 Å². The van der Waals surface area contributed by atoms with E-state index in [2.05, 4.69) is 5.32 Å². The Balaban J connectivity index is 2.23. The average molecular weight is 411 g/mol. The van der Waals surface area contributed by atoms with Crippen LogP contribution in [-0.2, 0) is 21.1 Å². The predicted octanol–water partition coefficient (Wildman–Crippen LogP) is 3.41. The fourth-order valence-electron chi connectivity index (χ4n) is 2.08. The molecule has 0 aliphatic rings. The van der Waals surface area contributed by atoms with Gasteiger partial charge in [-0.25, -0.2) is 0 Å². The fraction of sp³-hybridized carbons (Fsp3) is 0.0588. The van der Waals surface area contributed by atoms with E-state index in [1.54, 1.807) is 0 Å². The third kappa shape index (κ3) is 5.32. The van der Waals surface area contributed by atoms with Gasteiger partial charge >= 0.3 is 6.18 Å². The molecule has 0 aliphatic heterocycles. The summed E-state index contributed by atoms with van der Waals surface area (Å²) in [4.78, 5) is 11.7. The van der Waals surface area contributed by atoms with Crippen molar-refractivity contribution in [3.8, 4) is 6.07 Å². The summed E-state index contributed by atoms with van der Waals surface area (Å²) in [6.45, 7) is 0. The first-order valence-corrected chi connectivity index (χ1v) is 8.88. The molecule has 2 aromatic carbocycles. The quantitative estimate of drug-likeness (QED) is 0.394. The van der Waals surface area contributed by atoms with Gasteiger partial charge in [0, 0.05) is 11.9 Å². The third-order valence-corrected chi connectivity index (χ3v) is 4.21. The lowest BCUT2D eigenvalue weighted by atomic mass is 10.1. The fourth-order valence-corrected chi connectivity index (χ4v) is 2.61. The number of alkyl halides is 3. The maximum Gasteiger partial charge on any atom is 0.418 e. The Kier molecular flexibility index (Phi) is 6.07. The Morgan fingerprint density at radius 3 is 2.43 bits per heavy atom. The maximum atomic E-state index is 13.0. The predicted molar refractivity (Wildman–Crippen MR) is 93.6 cm³/mol. The minimum Gasteiger partial charge on any atom is -0.360 e. The van der Waals surface area contributed by atoms with Crippen LogP contribution in [0.5, 0.6) is 0 Å². The molecule has 0 bridgehead atoms. The number of benzene rings is 2. The Labute approximate surface area is 157 Å². The van der Waals surface area contributed by atoms with Crippen LogP contribution in [-0.4, -0.2) is 18.9 Å². The average Bonchev–Trinajstić information content (AvgIpc) is 2.61. The largest absolute Gasteiger partial charge is 0.418 e. The minimum atomic E-state index is -4.70. The lowest BCUT2D eigenvalue weighted by Gasteiger charge is -2.13. The van der Waals surface area contributed by atoms with Crippen molar-refractivity contribution in [2.75, 3.05) is 10.6 Å². The van der Waals surface area contributed by atoms with Gasteiger partial charge in [0.25, 0.3) is 16.0 Å². The van der Waals surface area contributed by atoms with Gasteiger partial charge in [0.05, 0.1) is 16.1 Å². The SMILES string of the molecule is N#C/C(=C/Nc1cccc(S(=O)(=O)O)c1)C(=O)Nc1ccccc1C(F)(F)F. The molecule has 28 heavy (non-hydrogen) atoms. The van der Waals surface area contributed by atoms with Crippen LogP contribution in [0.25, 0.3) is 0 Å². The number of hydrogen-bond donors (Lipinski definition) is 3. The molecular formula is C17H12F3N3O4S. The van der Waals surface area contributed by atoms with Gasteiger partial charge in [0.15, 0.2) is 0 Å². The number of hydrogen-bond acceptors (Lipinski definition) is 5. The summed E-state index contributed by atoms with van der Waals surface area (Å²) >= 11 is 0. The zero-order valence-corrected chi connectivity index (χ0v) is 14.7. The van der Waals surface area contributed by atoms with Gasteiger partial charge < -0.3 is 10.6 Å². The molecule has 0 radical (unpaired) electrons. The van der Waals surface area contributed by atoms with Crippen LogP contribution in [0.4, 0.5) is 24.5 Å². The maximum absolute atomic E-state index is 13.0. The number of nitrogens with zero attached hydrogens (tertiary/aromatic N) is 1. The normalized spacial score (nSPS) is 12.2. The molecule has 146 valence electrons. The van der Waals surface area contributed by atoms with Crippen molar-refractivity contribution in [2.24, 2.45) is 0 Å². The van der Waals surface area contributed by atoms with Crippen molar-refractivity contribution < 1.29 is 30.9 Å². The van der Waals surface area contributed by atoms with E-state index < -0.39 is 43.9 Å². The summed E-state index contributed by atoms with van der Waals surface area (Å²) in [5, 5.41) is 13.6. The van der Waals surface area contributed by atoms with Crippen LogP contribution in [0.1, 0.15) is 5.56 Å². The molecule has 0 atom stereocenters. The van der Waals surface area contributed by atoms with Crippen LogP contribution in [0.15, 0.2) is 65.2 Å². The second-order valence-electron chi connectivity index (χ2n) is 5.31. The minimum absolute atomic E-state index is 0.117. The van der Waals surface area contributed by atoms with E-state index in [1.807, 2.05) is 5.32 Å². The van der Waals surface area contributed by atoms with Gasteiger partial charge in [-0.05, 0) is 30.3 Å². The number of carbonyl (C=O) groups is 1. The first-order chi connectivity index (χ1) is 13.0. The zero-order chi connectivity index (χ0) is 20.9. The lowest BCUT2D eigenvalue weighted by Crippen LogP contribution is -2.18. The van der Waals surface area contributed by atoms with Gasteiger partial charge in [-0.1, -0.05) is 18.2 Å². The monoisotopic (exact) mass is 411 g/mol. The number of anilines is 2. The zero-order valence-electron chi connectivity index (χ0n) is 13.9. The standard InChI is InChI=1S/C17H12F3N3O4S/c18-17(19,20)14-6-1-2-7-15(14)23-16(24)11(9-21)10-22-12-4-3-5-13(8-12)28(25,26)27/h1-8,10,22H,(H,23,24)(H,25,26,27)/b11-10-. The summed E-state index contributed by atoms with van der Waals surface area (Å²) in [6, 6.07) is 10.6. The molecule has 0 spiro atoms. The number of nitriles is 1. The summed E-state index contributed by atoms with van der Waals surface area (Å²) in [6.07, 6.45) is -3.80. The lowest BCUT2D eigenvalue weighted by molar-refractivity contribution is -0.137. The van der Waals surface area contributed by atoms with E-state index in [1.165, 1.54) is 24.3 Å². The molecular weight excluding hydrogens is 399 g/mol. The van der Waals surface area contributed by atoms with Gasteiger partial charge in [-0.15, -0.1) is 0 Å². The van der Waals surface area contributed by atoms with Crippen molar-refractivity contribution in [3.05, 3.63) is 65.9 Å². The van der Waals surface area contributed by atoms with E-state index in [-0.39, 0.29) is 5.69 Å². The number of para-hydroxylation sites is 1. The molecule has 2 aromatic rings. The van der Waals surface area contributed by atoms with Gasteiger partial charge in [-0.3, -0.25) is 9.35 Å². The van der Waals surface area contributed by atoms with Gasteiger partial charge in [0.2, 0.25) is 0 Å². The van der Waals surface area contributed by atoms with Gasteiger partial charge in [0.1, 0.15) is 11.6 Å². The van der Waals surface area contributed by atoms with E-state index in [4.69, 9.17) is 9.81 Å². The Morgan fingerprint density at radius 1 is 1.14 bits per heavy atom. The highest BCUT2D eigenvalue weighted by Crippen LogP contribution is 2.34. The van der Waals surface area contributed by atoms with Crippen molar-refractivity contribution in [3.63, 3.8) is 0 Å². The smallest absolute Gasteiger partial charge is 0.360 e. The Morgan fingerprint density at radius 2 is 1.82 bits per heavy atom. The van der Waals surface area contributed by atoms with E-state index in [9.17, 15) is 26.4 Å². The molecule has 11 heteroatoms. The molecule has 0 saturated carbocycles. The number of carbonyl (C=O) groups excluding carboxylic acids is 1. The van der Waals surface area contributed by atoms with Crippen molar-refractivity contribution >= 4 is 27.4 Å². The van der Waals surface area contributed by atoms with Crippen molar-refractivity contribution in [1.29, 1.82) is 5.26 Å². The third-order valence-electron chi connectivity index (χ3n) is 3.36. The number of nitrogens with one attached hydrogen (secondary N) is 2. The Bertz CT molecular complexity index is 1070. The molecule has 7 nitrogen and oxygen atoms in total. The van der Waals surface area contributed by atoms with E-state index in [0.29, 0.717) is 0 Å². The Hall–Kier alpha value is -3.36. The first kappa shape index (κ1) is 20.9. The molecule has 0 aliphatic carbocycles. The van der Waals surface area contributed by atoms with Crippen molar-refractivity contribution in [1.82, 2.24) is 0 Å². The van der Waals surface area contributed by atoms with Crippen LogP contribution in [0.3, 0.4) is 0 Å². The number of halogens is 3. The highest BCUT2D eigenvalue weighted by molar-refractivity contribution is 7.85. The molecule has 3 N–H and O–H groups in total. The molecule has 0 fully saturated rings. The summed E-state index contributed by atoms with van der Waals surface area (Å²) in [5.41, 5.74) is -2.04. The van der Waals surface area contributed by atoms with E-state index >= 15 is 0 Å². The van der Waals surface area contributed by atoms with Crippen LogP contribution >= 0.6 is 0 Å². The number of amides is 1.